The Bertz CT molecular complexity index is 552. The molecular formula is C15H22ClN3S. The monoisotopic (exact) mass is 311 g/mol. The second-order valence-corrected chi connectivity index (χ2v) is 6.61. The van der Waals surface area contributed by atoms with Crippen LogP contribution in [0.15, 0.2) is 30.5 Å². The predicted octanol–water partition coefficient (Wildman–Crippen LogP) is 3.52. The van der Waals surface area contributed by atoms with Crippen LogP contribution in [0.2, 0.25) is 0 Å². The van der Waals surface area contributed by atoms with E-state index in [0.717, 1.165) is 13.1 Å². The highest BCUT2D eigenvalue weighted by Gasteiger charge is 2.21. The third kappa shape index (κ3) is 4.20. The fourth-order valence-electron chi connectivity index (χ4n) is 2.33. The zero-order valence-corrected chi connectivity index (χ0v) is 13.8. The van der Waals surface area contributed by atoms with E-state index in [4.69, 9.17) is 5.73 Å². The molecule has 1 aromatic carbocycles. The summed E-state index contributed by atoms with van der Waals surface area (Å²) in [7, 11) is 0. The van der Waals surface area contributed by atoms with Gasteiger partial charge in [0.1, 0.15) is 0 Å². The Morgan fingerprint density at radius 2 is 2.00 bits per heavy atom. The van der Waals surface area contributed by atoms with E-state index in [-0.39, 0.29) is 17.8 Å². The molecule has 0 aliphatic heterocycles. The Hall–Kier alpha value is -1.10. The van der Waals surface area contributed by atoms with Crippen LogP contribution < -0.4 is 11.1 Å². The number of aryl methyl sites for hydroxylation is 1. The molecule has 0 unspecified atom stereocenters. The quantitative estimate of drug-likeness (QED) is 0.888. The molecule has 110 valence electrons. The SMILES string of the molecule is Cc1ccccc1C(C)(C)CNCc1cnc(N)s1.Cl. The van der Waals surface area contributed by atoms with E-state index in [1.165, 1.54) is 16.0 Å². The average molecular weight is 312 g/mol. The van der Waals surface area contributed by atoms with Crippen LogP contribution >= 0.6 is 23.7 Å². The van der Waals surface area contributed by atoms with Crippen LogP contribution in [0, 0.1) is 6.92 Å². The molecule has 1 aromatic heterocycles. The number of nitrogens with two attached hydrogens (primary N) is 1. The van der Waals surface area contributed by atoms with Crippen LogP contribution in [-0.2, 0) is 12.0 Å². The van der Waals surface area contributed by atoms with Crippen LogP contribution in [0.5, 0.6) is 0 Å². The number of anilines is 1. The minimum Gasteiger partial charge on any atom is -0.375 e. The lowest BCUT2D eigenvalue weighted by Gasteiger charge is -2.27. The first kappa shape index (κ1) is 17.0. The van der Waals surface area contributed by atoms with Gasteiger partial charge in [-0.15, -0.1) is 23.7 Å². The molecule has 3 nitrogen and oxygen atoms in total. The van der Waals surface area contributed by atoms with Gasteiger partial charge in [-0.05, 0) is 18.1 Å². The number of hydrogen-bond donors (Lipinski definition) is 2. The molecule has 2 rings (SSSR count). The summed E-state index contributed by atoms with van der Waals surface area (Å²) < 4.78 is 0. The van der Waals surface area contributed by atoms with Crippen molar-refractivity contribution in [1.82, 2.24) is 10.3 Å². The molecule has 0 atom stereocenters. The molecule has 0 saturated heterocycles. The predicted molar refractivity (Wildman–Crippen MR) is 89.7 cm³/mol. The Morgan fingerprint density at radius 3 is 2.60 bits per heavy atom. The number of rotatable bonds is 5. The van der Waals surface area contributed by atoms with Gasteiger partial charge >= 0.3 is 0 Å². The lowest BCUT2D eigenvalue weighted by molar-refractivity contribution is 0.468. The van der Waals surface area contributed by atoms with Gasteiger partial charge in [0.25, 0.3) is 0 Å². The van der Waals surface area contributed by atoms with E-state index >= 15 is 0 Å². The van der Waals surface area contributed by atoms with Crippen LogP contribution in [0.3, 0.4) is 0 Å². The van der Waals surface area contributed by atoms with Gasteiger partial charge < -0.3 is 11.1 Å². The third-order valence-electron chi connectivity index (χ3n) is 3.31. The lowest BCUT2D eigenvalue weighted by Crippen LogP contribution is -2.33. The first-order valence-corrected chi connectivity index (χ1v) is 7.28. The van der Waals surface area contributed by atoms with Crippen molar-refractivity contribution < 1.29 is 0 Å². The van der Waals surface area contributed by atoms with Gasteiger partial charge in [-0.25, -0.2) is 4.98 Å². The van der Waals surface area contributed by atoms with Crippen molar-refractivity contribution >= 4 is 28.9 Å². The standard InChI is InChI=1S/C15H21N3S.ClH/c1-11-6-4-5-7-13(11)15(2,3)10-17-8-12-9-18-14(16)19-12;/h4-7,9,17H,8,10H2,1-3H3,(H2,16,18);1H. The normalized spacial score (nSPS) is 11.2. The lowest BCUT2D eigenvalue weighted by atomic mass is 9.82. The number of thiazole rings is 1. The van der Waals surface area contributed by atoms with Gasteiger partial charge in [0.05, 0.1) is 0 Å². The Morgan fingerprint density at radius 1 is 1.30 bits per heavy atom. The summed E-state index contributed by atoms with van der Waals surface area (Å²) in [6, 6.07) is 8.57. The minimum atomic E-state index is 0. The Balaban J connectivity index is 0.00000200. The fourth-order valence-corrected chi connectivity index (χ4v) is 2.98. The van der Waals surface area contributed by atoms with Gasteiger partial charge in [0, 0.05) is 29.6 Å². The molecule has 0 radical (unpaired) electrons. The van der Waals surface area contributed by atoms with Gasteiger partial charge in [-0.2, -0.15) is 0 Å². The summed E-state index contributed by atoms with van der Waals surface area (Å²) in [6.07, 6.45) is 1.84. The largest absolute Gasteiger partial charge is 0.375 e. The Kier molecular flexibility index (Phi) is 5.99. The number of halogens is 1. The molecule has 0 fully saturated rings. The average Bonchev–Trinajstić information content (AvgIpc) is 2.75. The first-order valence-electron chi connectivity index (χ1n) is 6.46. The van der Waals surface area contributed by atoms with Crippen molar-refractivity contribution in [1.29, 1.82) is 0 Å². The molecule has 0 aliphatic carbocycles. The molecule has 5 heteroatoms. The van der Waals surface area contributed by atoms with E-state index in [9.17, 15) is 0 Å². The summed E-state index contributed by atoms with van der Waals surface area (Å²) in [5.74, 6) is 0. The topological polar surface area (TPSA) is 50.9 Å². The summed E-state index contributed by atoms with van der Waals surface area (Å²) in [6.45, 7) is 8.45. The molecular weight excluding hydrogens is 290 g/mol. The van der Waals surface area contributed by atoms with Crippen LogP contribution in [0.4, 0.5) is 5.13 Å². The van der Waals surface area contributed by atoms with Crippen molar-refractivity contribution in [2.45, 2.75) is 32.7 Å². The number of nitrogens with one attached hydrogen (secondary N) is 1. The van der Waals surface area contributed by atoms with E-state index in [0.29, 0.717) is 5.13 Å². The second kappa shape index (κ2) is 7.07. The van der Waals surface area contributed by atoms with Crippen molar-refractivity contribution in [3.63, 3.8) is 0 Å². The van der Waals surface area contributed by atoms with Gasteiger partial charge in [-0.3, -0.25) is 0 Å². The smallest absolute Gasteiger partial charge is 0.180 e. The number of hydrogen-bond acceptors (Lipinski definition) is 4. The van der Waals surface area contributed by atoms with E-state index < -0.39 is 0 Å². The van der Waals surface area contributed by atoms with Crippen LogP contribution in [-0.4, -0.2) is 11.5 Å². The fraction of sp³-hybridized carbons (Fsp3) is 0.400. The highest BCUT2D eigenvalue weighted by molar-refractivity contribution is 7.15. The molecule has 0 amide bonds. The summed E-state index contributed by atoms with van der Waals surface area (Å²) in [5, 5.41) is 4.13. The molecule has 3 N–H and O–H groups in total. The maximum atomic E-state index is 5.63. The van der Waals surface area contributed by atoms with E-state index in [1.54, 1.807) is 11.3 Å². The molecule has 0 spiro atoms. The van der Waals surface area contributed by atoms with Crippen molar-refractivity contribution in [2.75, 3.05) is 12.3 Å². The van der Waals surface area contributed by atoms with Crippen molar-refractivity contribution in [3.8, 4) is 0 Å². The van der Waals surface area contributed by atoms with E-state index in [1.807, 2.05) is 6.20 Å². The molecule has 20 heavy (non-hydrogen) atoms. The van der Waals surface area contributed by atoms with Crippen LogP contribution in [0.1, 0.15) is 29.9 Å². The molecule has 1 heterocycles. The molecule has 2 aromatic rings. The number of benzene rings is 1. The minimum absolute atomic E-state index is 0. The number of aromatic nitrogens is 1. The second-order valence-electron chi connectivity index (χ2n) is 5.47. The number of nitrogens with zero attached hydrogens (tertiary/aromatic N) is 1. The zero-order chi connectivity index (χ0) is 13.9. The maximum absolute atomic E-state index is 5.63. The van der Waals surface area contributed by atoms with Gasteiger partial charge in [0.2, 0.25) is 0 Å². The van der Waals surface area contributed by atoms with Gasteiger partial charge in [0.15, 0.2) is 5.13 Å². The molecule has 0 aliphatic rings. The molecule has 0 saturated carbocycles. The van der Waals surface area contributed by atoms with Gasteiger partial charge in [-0.1, -0.05) is 38.1 Å². The third-order valence-corrected chi connectivity index (χ3v) is 4.14. The van der Waals surface area contributed by atoms with Crippen LogP contribution in [0.25, 0.3) is 0 Å². The summed E-state index contributed by atoms with van der Waals surface area (Å²) in [5.41, 5.74) is 8.48. The highest BCUT2D eigenvalue weighted by Crippen LogP contribution is 2.25. The van der Waals surface area contributed by atoms with Crippen molar-refractivity contribution in [3.05, 3.63) is 46.5 Å². The zero-order valence-electron chi connectivity index (χ0n) is 12.1. The van der Waals surface area contributed by atoms with Crippen molar-refractivity contribution in [2.24, 2.45) is 0 Å². The van der Waals surface area contributed by atoms with E-state index in [2.05, 4.69) is 55.3 Å². The highest BCUT2D eigenvalue weighted by atomic mass is 35.5. The maximum Gasteiger partial charge on any atom is 0.180 e. The molecule has 0 bridgehead atoms. The summed E-state index contributed by atoms with van der Waals surface area (Å²) >= 11 is 1.54. The first-order chi connectivity index (χ1) is 8.99. The Labute approximate surface area is 131 Å². The summed E-state index contributed by atoms with van der Waals surface area (Å²) in [4.78, 5) is 5.24. The number of nitrogen functional groups attached to an aromatic ring is 1.